The van der Waals surface area contributed by atoms with Gasteiger partial charge in [-0.2, -0.15) is 0 Å². The van der Waals surface area contributed by atoms with Crippen LogP contribution < -0.4 is 0 Å². The minimum Gasteiger partial charge on any atom is -0.249 e. The molecule has 0 N–H and O–H groups in total. The minimum atomic E-state index is -3.38. The van der Waals surface area contributed by atoms with Crippen LogP contribution in [0.3, 0.4) is 0 Å². The highest BCUT2D eigenvalue weighted by Gasteiger charge is 2.17. The molecule has 2 aromatic rings. The number of rotatable bonds is 3. The zero-order valence-electron chi connectivity index (χ0n) is 8.43. The van der Waals surface area contributed by atoms with E-state index in [1.807, 2.05) is 0 Å². The van der Waals surface area contributed by atoms with Gasteiger partial charge in [0.25, 0.3) is 0 Å². The molecule has 0 spiro atoms. The molecule has 0 aliphatic carbocycles. The molecule has 0 bridgehead atoms. The van der Waals surface area contributed by atoms with Gasteiger partial charge in [-0.25, -0.2) is 13.4 Å². The first-order valence-electron chi connectivity index (χ1n) is 4.54. The van der Waals surface area contributed by atoms with Crippen molar-refractivity contribution in [3.05, 3.63) is 44.3 Å². The van der Waals surface area contributed by atoms with Gasteiger partial charge in [-0.3, -0.25) is 0 Å². The Kier molecular flexibility index (Phi) is 3.87. The van der Waals surface area contributed by atoms with Crippen LogP contribution in [-0.2, 0) is 15.6 Å². The fourth-order valence-electron chi connectivity index (χ4n) is 1.26. The lowest BCUT2D eigenvalue weighted by Crippen LogP contribution is -2.05. The maximum absolute atomic E-state index is 12.1. The molecule has 0 aliphatic rings. The largest absolute Gasteiger partial charge is 0.249 e. The number of benzene rings is 1. The lowest BCUT2D eigenvalue weighted by molar-refractivity contribution is 0.595. The topological polar surface area (TPSA) is 47.0 Å². The molecule has 7 heteroatoms. The summed E-state index contributed by atoms with van der Waals surface area (Å²) in [4.78, 5) is 4.17. The van der Waals surface area contributed by atoms with E-state index in [-0.39, 0.29) is 10.6 Å². The molecule has 1 aromatic carbocycles. The number of hydrogen-bond acceptors (Lipinski definition) is 4. The lowest BCUT2D eigenvalue weighted by Gasteiger charge is -2.04. The summed E-state index contributed by atoms with van der Waals surface area (Å²) < 4.78 is 24.8. The quantitative estimate of drug-likeness (QED) is 0.849. The summed E-state index contributed by atoms with van der Waals surface area (Å²) in [5.74, 6) is -0.103. The molecule has 3 nitrogen and oxygen atoms in total. The SMILES string of the molecule is O=S(=O)(Cc1cscn1)c1ccc(Br)c(Cl)c1. The Morgan fingerprint density at radius 2 is 2.18 bits per heavy atom. The maximum Gasteiger partial charge on any atom is 0.184 e. The molecule has 0 amide bonds. The van der Waals surface area contributed by atoms with Crippen molar-refractivity contribution < 1.29 is 8.42 Å². The molecule has 1 aromatic heterocycles. The minimum absolute atomic E-state index is 0.103. The van der Waals surface area contributed by atoms with Crippen LogP contribution in [0.1, 0.15) is 5.69 Å². The highest BCUT2D eigenvalue weighted by atomic mass is 79.9. The fourth-order valence-corrected chi connectivity index (χ4v) is 3.70. The molecule has 2 rings (SSSR count). The third-order valence-electron chi connectivity index (χ3n) is 2.07. The number of aromatic nitrogens is 1. The molecule has 17 heavy (non-hydrogen) atoms. The molecule has 0 aliphatic heterocycles. The highest BCUT2D eigenvalue weighted by Crippen LogP contribution is 2.26. The maximum atomic E-state index is 12.1. The predicted octanol–water partition coefficient (Wildman–Crippen LogP) is 3.53. The zero-order chi connectivity index (χ0) is 12.5. The van der Waals surface area contributed by atoms with Gasteiger partial charge in [-0.05, 0) is 34.1 Å². The van der Waals surface area contributed by atoms with Crippen molar-refractivity contribution in [1.29, 1.82) is 0 Å². The summed E-state index contributed by atoms with van der Waals surface area (Å²) in [6, 6.07) is 4.58. The smallest absolute Gasteiger partial charge is 0.184 e. The fraction of sp³-hybridized carbons (Fsp3) is 0.100. The Morgan fingerprint density at radius 1 is 1.41 bits per heavy atom. The van der Waals surface area contributed by atoms with E-state index in [4.69, 9.17) is 11.6 Å². The zero-order valence-corrected chi connectivity index (χ0v) is 12.4. The summed E-state index contributed by atoms with van der Waals surface area (Å²) in [5.41, 5.74) is 2.16. The van der Waals surface area contributed by atoms with Crippen LogP contribution >= 0.6 is 38.9 Å². The standard InChI is InChI=1S/C10H7BrClNO2S2/c11-9-2-1-8(3-10(9)12)17(14,15)5-7-4-16-6-13-7/h1-4,6H,5H2. The summed E-state index contributed by atoms with van der Waals surface area (Å²) in [6.45, 7) is 0. The number of halogens is 2. The molecular formula is C10H7BrClNO2S2. The second kappa shape index (κ2) is 5.06. The Balaban J connectivity index is 2.35. The van der Waals surface area contributed by atoms with Crippen LogP contribution in [-0.4, -0.2) is 13.4 Å². The Morgan fingerprint density at radius 3 is 2.76 bits per heavy atom. The normalized spacial score (nSPS) is 11.6. The van der Waals surface area contributed by atoms with Gasteiger partial charge in [-0.15, -0.1) is 11.3 Å². The van der Waals surface area contributed by atoms with Gasteiger partial charge in [0.05, 0.1) is 26.9 Å². The van der Waals surface area contributed by atoms with E-state index < -0.39 is 9.84 Å². The lowest BCUT2D eigenvalue weighted by atomic mass is 10.4. The van der Waals surface area contributed by atoms with Crippen LogP contribution in [0.15, 0.2) is 38.5 Å². The van der Waals surface area contributed by atoms with Crippen LogP contribution in [0, 0.1) is 0 Å². The van der Waals surface area contributed by atoms with E-state index in [0.29, 0.717) is 15.2 Å². The summed E-state index contributed by atoms with van der Waals surface area (Å²) >= 11 is 10.5. The van der Waals surface area contributed by atoms with Crippen LogP contribution in [0.2, 0.25) is 5.02 Å². The Hall–Kier alpha value is -0.430. The van der Waals surface area contributed by atoms with Crippen molar-refractivity contribution >= 4 is 48.7 Å². The van der Waals surface area contributed by atoms with Gasteiger partial charge in [0.2, 0.25) is 0 Å². The summed E-state index contributed by atoms with van der Waals surface area (Å²) in [7, 11) is -3.38. The summed E-state index contributed by atoms with van der Waals surface area (Å²) in [5, 5.41) is 2.10. The monoisotopic (exact) mass is 351 g/mol. The van der Waals surface area contributed by atoms with E-state index in [0.717, 1.165) is 0 Å². The molecule has 0 saturated carbocycles. The first-order valence-corrected chi connectivity index (χ1v) is 8.30. The van der Waals surface area contributed by atoms with Gasteiger partial charge < -0.3 is 0 Å². The molecule has 0 unspecified atom stereocenters. The predicted molar refractivity (Wildman–Crippen MR) is 72.2 cm³/mol. The second-order valence-corrected chi connectivity index (χ2v) is 7.28. The second-order valence-electron chi connectivity index (χ2n) is 3.31. The first-order chi connectivity index (χ1) is 7.99. The van der Waals surface area contributed by atoms with Crippen molar-refractivity contribution in [2.24, 2.45) is 0 Å². The molecule has 0 fully saturated rings. The van der Waals surface area contributed by atoms with Gasteiger partial charge in [-0.1, -0.05) is 11.6 Å². The van der Waals surface area contributed by atoms with E-state index in [1.165, 1.54) is 23.5 Å². The van der Waals surface area contributed by atoms with Crippen molar-refractivity contribution in [3.63, 3.8) is 0 Å². The van der Waals surface area contributed by atoms with Crippen molar-refractivity contribution in [3.8, 4) is 0 Å². The number of thiazole rings is 1. The van der Waals surface area contributed by atoms with Crippen molar-refractivity contribution in [1.82, 2.24) is 4.98 Å². The van der Waals surface area contributed by atoms with Crippen molar-refractivity contribution in [2.45, 2.75) is 10.6 Å². The molecular weight excluding hydrogens is 346 g/mol. The van der Waals surface area contributed by atoms with Gasteiger partial charge in [0.15, 0.2) is 9.84 Å². The Labute approximate surface area is 117 Å². The van der Waals surface area contributed by atoms with Crippen LogP contribution in [0.4, 0.5) is 0 Å². The molecule has 0 atom stereocenters. The number of nitrogens with zero attached hydrogens (tertiary/aromatic N) is 1. The number of hydrogen-bond donors (Lipinski definition) is 0. The molecule has 90 valence electrons. The van der Waals surface area contributed by atoms with E-state index in [9.17, 15) is 8.42 Å². The number of sulfone groups is 1. The average Bonchev–Trinajstić information content (AvgIpc) is 2.73. The Bertz CT molecular complexity index is 626. The van der Waals surface area contributed by atoms with Gasteiger partial charge >= 0.3 is 0 Å². The van der Waals surface area contributed by atoms with E-state index in [2.05, 4.69) is 20.9 Å². The average molecular weight is 353 g/mol. The van der Waals surface area contributed by atoms with E-state index in [1.54, 1.807) is 17.0 Å². The summed E-state index contributed by atoms with van der Waals surface area (Å²) in [6.07, 6.45) is 0. The highest BCUT2D eigenvalue weighted by molar-refractivity contribution is 9.10. The van der Waals surface area contributed by atoms with Crippen molar-refractivity contribution in [2.75, 3.05) is 0 Å². The molecule has 0 saturated heterocycles. The van der Waals surface area contributed by atoms with Crippen LogP contribution in [0.25, 0.3) is 0 Å². The van der Waals surface area contributed by atoms with Gasteiger partial charge in [0.1, 0.15) is 0 Å². The molecule has 1 heterocycles. The van der Waals surface area contributed by atoms with Gasteiger partial charge in [0, 0.05) is 9.85 Å². The first kappa shape index (κ1) is 13.0. The molecule has 0 radical (unpaired) electrons. The third kappa shape index (κ3) is 3.07. The van der Waals surface area contributed by atoms with Crippen LogP contribution in [0.5, 0.6) is 0 Å². The van der Waals surface area contributed by atoms with E-state index >= 15 is 0 Å². The third-order valence-corrected chi connectivity index (χ3v) is 5.59.